The van der Waals surface area contributed by atoms with Crippen molar-refractivity contribution in [1.82, 2.24) is 0 Å². The SMILES string of the molecule is C[C@@H](N)c1ccc(Br)cc1OCc1cccc(F)c1Br. The number of halogens is 3. The van der Waals surface area contributed by atoms with Crippen LogP contribution in [0.15, 0.2) is 45.3 Å². The average molecular weight is 403 g/mol. The summed E-state index contributed by atoms with van der Waals surface area (Å²) < 4.78 is 20.6. The summed E-state index contributed by atoms with van der Waals surface area (Å²) in [4.78, 5) is 0. The first-order valence-electron chi connectivity index (χ1n) is 6.09. The van der Waals surface area contributed by atoms with Gasteiger partial charge in [-0.1, -0.05) is 34.1 Å². The van der Waals surface area contributed by atoms with Gasteiger partial charge in [0, 0.05) is 21.6 Å². The Hall–Kier alpha value is -0.910. The van der Waals surface area contributed by atoms with Gasteiger partial charge in [-0.2, -0.15) is 0 Å². The van der Waals surface area contributed by atoms with Gasteiger partial charge in [0.1, 0.15) is 18.2 Å². The van der Waals surface area contributed by atoms with E-state index >= 15 is 0 Å². The first-order valence-corrected chi connectivity index (χ1v) is 7.68. The normalized spacial score (nSPS) is 12.2. The molecule has 0 amide bonds. The minimum atomic E-state index is -0.298. The molecule has 0 fully saturated rings. The Labute approximate surface area is 134 Å². The fourth-order valence-corrected chi connectivity index (χ4v) is 2.54. The molecule has 5 heteroatoms. The highest BCUT2D eigenvalue weighted by Gasteiger charge is 2.11. The summed E-state index contributed by atoms with van der Waals surface area (Å²) >= 11 is 6.63. The Morgan fingerprint density at radius 2 is 2.00 bits per heavy atom. The minimum Gasteiger partial charge on any atom is -0.488 e. The third-order valence-electron chi connectivity index (χ3n) is 2.88. The summed E-state index contributed by atoms with van der Waals surface area (Å²) in [6.07, 6.45) is 0. The van der Waals surface area contributed by atoms with Crippen LogP contribution >= 0.6 is 31.9 Å². The van der Waals surface area contributed by atoms with Gasteiger partial charge in [0.2, 0.25) is 0 Å². The maximum atomic E-state index is 13.4. The molecule has 1 atom stereocenters. The van der Waals surface area contributed by atoms with Crippen LogP contribution in [0.3, 0.4) is 0 Å². The molecule has 0 bridgehead atoms. The second-order valence-corrected chi connectivity index (χ2v) is 6.18. The maximum absolute atomic E-state index is 13.4. The molecule has 0 saturated heterocycles. The van der Waals surface area contributed by atoms with Crippen molar-refractivity contribution in [2.45, 2.75) is 19.6 Å². The number of benzene rings is 2. The number of hydrogen-bond acceptors (Lipinski definition) is 2. The lowest BCUT2D eigenvalue weighted by Crippen LogP contribution is -2.08. The summed E-state index contributed by atoms with van der Waals surface area (Å²) in [7, 11) is 0. The third-order valence-corrected chi connectivity index (χ3v) is 4.26. The largest absolute Gasteiger partial charge is 0.488 e. The Balaban J connectivity index is 2.22. The quantitative estimate of drug-likeness (QED) is 0.785. The zero-order valence-electron chi connectivity index (χ0n) is 10.9. The van der Waals surface area contributed by atoms with Gasteiger partial charge in [0.05, 0.1) is 4.47 Å². The summed E-state index contributed by atoms with van der Waals surface area (Å²) in [5.41, 5.74) is 7.59. The molecule has 2 aromatic rings. The van der Waals surface area contributed by atoms with E-state index in [0.29, 0.717) is 10.2 Å². The van der Waals surface area contributed by atoms with Crippen molar-refractivity contribution in [3.63, 3.8) is 0 Å². The fraction of sp³-hybridized carbons (Fsp3) is 0.200. The van der Waals surface area contributed by atoms with Crippen molar-refractivity contribution in [2.75, 3.05) is 0 Å². The molecule has 20 heavy (non-hydrogen) atoms. The van der Waals surface area contributed by atoms with E-state index in [-0.39, 0.29) is 18.5 Å². The average Bonchev–Trinajstić information content (AvgIpc) is 2.40. The van der Waals surface area contributed by atoms with E-state index in [1.807, 2.05) is 31.2 Å². The molecule has 0 aliphatic carbocycles. The maximum Gasteiger partial charge on any atom is 0.137 e. The molecule has 0 spiro atoms. The van der Waals surface area contributed by atoms with Crippen molar-refractivity contribution in [1.29, 1.82) is 0 Å². The molecule has 0 aromatic heterocycles. The lowest BCUT2D eigenvalue weighted by Gasteiger charge is -2.15. The van der Waals surface area contributed by atoms with E-state index in [1.54, 1.807) is 6.07 Å². The Kier molecular flexibility index (Phi) is 5.18. The molecule has 0 radical (unpaired) electrons. The summed E-state index contributed by atoms with van der Waals surface area (Å²) in [6, 6.07) is 10.5. The number of nitrogens with two attached hydrogens (primary N) is 1. The van der Waals surface area contributed by atoms with Crippen molar-refractivity contribution in [3.8, 4) is 5.75 Å². The summed E-state index contributed by atoms with van der Waals surface area (Å²) in [6.45, 7) is 2.17. The standard InChI is InChI=1S/C15H14Br2FNO/c1-9(19)12-6-5-11(16)7-14(12)20-8-10-3-2-4-13(18)15(10)17/h2-7,9H,8,19H2,1H3/t9-/m1/s1. The monoisotopic (exact) mass is 401 g/mol. The second kappa shape index (κ2) is 6.70. The van der Waals surface area contributed by atoms with Gasteiger partial charge in [0.15, 0.2) is 0 Å². The first-order chi connectivity index (χ1) is 9.49. The van der Waals surface area contributed by atoms with E-state index in [2.05, 4.69) is 31.9 Å². The van der Waals surface area contributed by atoms with Crippen molar-refractivity contribution in [2.24, 2.45) is 5.73 Å². The highest BCUT2D eigenvalue weighted by atomic mass is 79.9. The van der Waals surface area contributed by atoms with Crippen molar-refractivity contribution >= 4 is 31.9 Å². The van der Waals surface area contributed by atoms with Crippen LogP contribution in [0.4, 0.5) is 4.39 Å². The Morgan fingerprint density at radius 3 is 2.70 bits per heavy atom. The number of rotatable bonds is 4. The predicted molar refractivity (Wildman–Crippen MR) is 85.2 cm³/mol. The van der Waals surface area contributed by atoms with Gasteiger partial charge in [-0.05, 0) is 41.1 Å². The van der Waals surface area contributed by atoms with Gasteiger partial charge >= 0.3 is 0 Å². The van der Waals surface area contributed by atoms with Crippen LogP contribution in [0.1, 0.15) is 24.1 Å². The van der Waals surface area contributed by atoms with Crippen molar-refractivity contribution < 1.29 is 9.13 Å². The molecule has 0 aliphatic heterocycles. The van der Waals surface area contributed by atoms with Gasteiger partial charge in [-0.3, -0.25) is 0 Å². The zero-order chi connectivity index (χ0) is 14.7. The van der Waals surface area contributed by atoms with Gasteiger partial charge in [0.25, 0.3) is 0 Å². The molecular weight excluding hydrogens is 389 g/mol. The van der Waals surface area contributed by atoms with Crippen LogP contribution in [-0.2, 0) is 6.61 Å². The molecule has 0 heterocycles. The number of ether oxygens (including phenoxy) is 1. The minimum absolute atomic E-state index is 0.131. The van der Waals surface area contributed by atoms with Crippen LogP contribution in [0.25, 0.3) is 0 Å². The van der Waals surface area contributed by atoms with Crippen LogP contribution in [-0.4, -0.2) is 0 Å². The molecule has 2 nitrogen and oxygen atoms in total. The van der Waals surface area contributed by atoms with Gasteiger partial charge in [-0.25, -0.2) is 4.39 Å². The molecule has 2 N–H and O–H groups in total. The Bertz CT molecular complexity index is 617. The topological polar surface area (TPSA) is 35.2 Å². The fourth-order valence-electron chi connectivity index (χ4n) is 1.82. The molecule has 0 unspecified atom stereocenters. The lowest BCUT2D eigenvalue weighted by molar-refractivity contribution is 0.300. The van der Waals surface area contributed by atoms with Crippen LogP contribution in [0.5, 0.6) is 5.75 Å². The molecular formula is C15H14Br2FNO. The highest BCUT2D eigenvalue weighted by molar-refractivity contribution is 9.10. The second-order valence-electron chi connectivity index (χ2n) is 4.47. The summed E-state index contributed by atoms with van der Waals surface area (Å²) in [5, 5.41) is 0. The molecule has 2 rings (SSSR count). The molecule has 0 saturated carbocycles. The van der Waals surface area contributed by atoms with E-state index in [0.717, 1.165) is 15.6 Å². The van der Waals surface area contributed by atoms with Crippen LogP contribution < -0.4 is 10.5 Å². The number of hydrogen-bond donors (Lipinski definition) is 1. The lowest BCUT2D eigenvalue weighted by atomic mass is 10.1. The Morgan fingerprint density at radius 1 is 1.25 bits per heavy atom. The van der Waals surface area contributed by atoms with Crippen molar-refractivity contribution in [3.05, 3.63) is 62.3 Å². The summed E-state index contributed by atoms with van der Waals surface area (Å²) in [5.74, 6) is 0.401. The first kappa shape index (κ1) is 15.5. The van der Waals surface area contributed by atoms with Crippen LogP contribution in [0, 0.1) is 5.82 Å². The third kappa shape index (κ3) is 3.59. The van der Waals surface area contributed by atoms with E-state index in [1.165, 1.54) is 6.07 Å². The molecule has 2 aromatic carbocycles. The van der Waals surface area contributed by atoms with E-state index < -0.39 is 0 Å². The van der Waals surface area contributed by atoms with Crippen LogP contribution in [0.2, 0.25) is 0 Å². The molecule has 0 aliphatic rings. The predicted octanol–water partition coefficient (Wildman–Crippen LogP) is 4.95. The van der Waals surface area contributed by atoms with E-state index in [4.69, 9.17) is 10.5 Å². The zero-order valence-corrected chi connectivity index (χ0v) is 14.0. The van der Waals surface area contributed by atoms with Gasteiger partial charge < -0.3 is 10.5 Å². The smallest absolute Gasteiger partial charge is 0.137 e. The molecule has 106 valence electrons. The van der Waals surface area contributed by atoms with Gasteiger partial charge in [-0.15, -0.1) is 0 Å². The highest BCUT2D eigenvalue weighted by Crippen LogP contribution is 2.29. The van der Waals surface area contributed by atoms with E-state index in [9.17, 15) is 4.39 Å².